The highest BCUT2D eigenvalue weighted by atomic mass is 79.9. The van der Waals surface area contributed by atoms with Gasteiger partial charge >= 0.3 is 0 Å². The molecule has 7 nitrogen and oxygen atoms in total. The maximum atomic E-state index is 6.01. The molecule has 1 aliphatic rings. The van der Waals surface area contributed by atoms with Crippen LogP contribution < -0.4 is 25.8 Å². The monoisotopic (exact) mass is 413 g/mol. The minimum Gasteiger partial charge on any atom is -0.486 e. The van der Waals surface area contributed by atoms with Crippen molar-refractivity contribution in [2.75, 3.05) is 29.6 Å². The van der Waals surface area contributed by atoms with Crippen LogP contribution >= 0.6 is 15.9 Å². The zero-order valence-electron chi connectivity index (χ0n) is 13.7. The van der Waals surface area contributed by atoms with Gasteiger partial charge in [0.25, 0.3) is 0 Å². The molecule has 1 aromatic heterocycles. The molecule has 0 radical (unpaired) electrons. The lowest BCUT2D eigenvalue weighted by atomic mass is 10.2. The summed E-state index contributed by atoms with van der Waals surface area (Å²) in [6.45, 7) is 1.09. The fourth-order valence-corrected chi connectivity index (χ4v) is 2.90. The minimum atomic E-state index is 0.442. The van der Waals surface area contributed by atoms with Gasteiger partial charge in [-0.3, -0.25) is 0 Å². The van der Waals surface area contributed by atoms with E-state index in [4.69, 9.17) is 15.2 Å². The molecule has 1 aliphatic heterocycles. The predicted octanol–water partition coefficient (Wildman–Crippen LogP) is 4.08. The molecule has 26 heavy (non-hydrogen) atoms. The summed E-state index contributed by atoms with van der Waals surface area (Å²) in [4.78, 5) is 8.69. The van der Waals surface area contributed by atoms with Gasteiger partial charge in [-0.15, -0.1) is 0 Å². The maximum Gasteiger partial charge on any atom is 0.229 e. The Morgan fingerprint density at radius 3 is 2.62 bits per heavy atom. The van der Waals surface area contributed by atoms with E-state index in [0.717, 1.165) is 21.6 Å². The van der Waals surface area contributed by atoms with Crippen LogP contribution in [0.4, 0.5) is 28.8 Å². The van der Waals surface area contributed by atoms with Gasteiger partial charge in [0.2, 0.25) is 5.95 Å². The highest BCUT2D eigenvalue weighted by Gasteiger charge is 2.13. The van der Waals surface area contributed by atoms with E-state index in [-0.39, 0.29) is 0 Å². The lowest BCUT2D eigenvalue weighted by Gasteiger charge is -2.19. The van der Waals surface area contributed by atoms with Crippen LogP contribution in [-0.2, 0) is 0 Å². The van der Waals surface area contributed by atoms with E-state index in [1.165, 1.54) is 0 Å². The molecule has 0 aliphatic carbocycles. The van der Waals surface area contributed by atoms with Crippen LogP contribution in [0, 0.1) is 0 Å². The van der Waals surface area contributed by atoms with Crippen LogP contribution in [-0.4, -0.2) is 23.2 Å². The molecule has 0 spiro atoms. The molecule has 0 bridgehead atoms. The molecule has 2 heterocycles. The lowest BCUT2D eigenvalue weighted by molar-refractivity contribution is 0.171. The zero-order valence-corrected chi connectivity index (χ0v) is 15.3. The summed E-state index contributed by atoms with van der Waals surface area (Å²) in [7, 11) is 0. The van der Waals surface area contributed by atoms with Gasteiger partial charge in [-0.1, -0.05) is 22.0 Å². The largest absolute Gasteiger partial charge is 0.486 e. The van der Waals surface area contributed by atoms with Crippen molar-refractivity contribution in [1.82, 2.24) is 9.97 Å². The Labute approximate surface area is 158 Å². The number of nitrogens with one attached hydrogen (secondary N) is 2. The van der Waals surface area contributed by atoms with Crippen molar-refractivity contribution in [3.05, 3.63) is 53.1 Å². The van der Waals surface area contributed by atoms with Crippen LogP contribution in [0.15, 0.2) is 53.1 Å². The molecule has 0 saturated carbocycles. The number of fused-ring (bicyclic) bond motifs is 1. The summed E-state index contributed by atoms with van der Waals surface area (Å²) in [5, 5.41) is 6.35. The van der Waals surface area contributed by atoms with E-state index in [1.54, 1.807) is 6.20 Å². The van der Waals surface area contributed by atoms with Gasteiger partial charge in [-0.25, -0.2) is 4.98 Å². The smallest absolute Gasteiger partial charge is 0.229 e. The van der Waals surface area contributed by atoms with Gasteiger partial charge in [0.1, 0.15) is 13.2 Å². The molecule has 2 aromatic carbocycles. The second-order valence-electron chi connectivity index (χ2n) is 5.62. The van der Waals surface area contributed by atoms with Crippen molar-refractivity contribution in [1.29, 1.82) is 0 Å². The Morgan fingerprint density at radius 2 is 1.77 bits per heavy atom. The van der Waals surface area contributed by atoms with Crippen LogP contribution in [0.1, 0.15) is 0 Å². The van der Waals surface area contributed by atoms with Crippen molar-refractivity contribution in [2.45, 2.75) is 0 Å². The van der Waals surface area contributed by atoms with Gasteiger partial charge in [0.15, 0.2) is 17.3 Å². The molecule has 4 N–H and O–H groups in total. The van der Waals surface area contributed by atoms with Gasteiger partial charge in [0.05, 0.1) is 11.9 Å². The van der Waals surface area contributed by atoms with Gasteiger partial charge in [0, 0.05) is 21.9 Å². The number of ether oxygens (including phenoxy) is 2. The third-order valence-corrected chi connectivity index (χ3v) is 4.20. The highest BCUT2D eigenvalue weighted by Crippen LogP contribution is 2.34. The first-order valence-corrected chi connectivity index (χ1v) is 8.78. The van der Waals surface area contributed by atoms with E-state index in [2.05, 4.69) is 36.5 Å². The van der Waals surface area contributed by atoms with Crippen LogP contribution in [0.5, 0.6) is 11.5 Å². The molecule has 0 atom stereocenters. The third-order valence-electron chi connectivity index (χ3n) is 3.70. The summed E-state index contributed by atoms with van der Waals surface area (Å²) >= 11 is 3.44. The van der Waals surface area contributed by atoms with Crippen molar-refractivity contribution < 1.29 is 9.47 Å². The molecule has 0 unspecified atom stereocenters. The van der Waals surface area contributed by atoms with Crippen molar-refractivity contribution in [3.63, 3.8) is 0 Å². The first-order valence-electron chi connectivity index (χ1n) is 7.99. The van der Waals surface area contributed by atoms with Crippen LogP contribution in [0.3, 0.4) is 0 Å². The number of nitrogen functional groups attached to an aromatic ring is 1. The normalized spacial score (nSPS) is 12.5. The Hall–Kier alpha value is -3.00. The molecule has 132 valence electrons. The molecule has 0 saturated heterocycles. The Bertz CT molecular complexity index is 951. The first-order chi connectivity index (χ1) is 12.7. The number of benzene rings is 2. The van der Waals surface area contributed by atoms with Gasteiger partial charge in [-0.05, 0) is 30.3 Å². The standard InChI is InChI=1S/C18H16BrN5O2/c19-11-2-1-3-12(8-11)23-18-21-10-14(20)17(24-18)22-13-4-5-15-16(9-13)26-7-6-25-15/h1-5,8-10H,6-7,20H2,(H2,21,22,23,24). The molecule has 8 heteroatoms. The quantitative estimate of drug-likeness (QED) is 0.592. The van der Waals surface area contributed by atoms with E-state index >= 15 is 0 Å². The van der Waals surface area contributed by atoms with Crippen molar-refractivity contribution in [3.8, 4) is 11.5 Å². The van der Waals surface area contributed by atoms with Crippen LogP contribution in [0.2, 0.25) is 0 Å². The molecule has 4 rings (SSSR count). The minimum absolute atomic E-state index is 0.442. The first kappa shape index (κ1) is 16.5. The summed E-state index contributed by atoms with van der Waals surface area (Å²) in [6.07, 6.45) is 1.56. The van der Waals surface area contributed by atoms with Crippen molar-refractivity contribution in [2.24, 2.45) is 0 Å². The highest BCUT2D eigenvalue weighted by molar-refractivity contribution is 9.10. The Kier molecular flexibility index (Phi) is 4.49. The number of hydrogen-bond donors (Lipinski definition) is 3. The second kappa shape index (κ2) is 7.09. The molecule has 0 amide bonds. The summed E-state index contributed by atoms with van der Waals surface area (Å²) in [5.41, 5.74) is 8.13. The number of anilines is 5. The second-order valence-corrected chi connectivity index (χ2v) is 6.53. The van der Waals surface area contributed by atoms with E-state index < -0.39 is 0 Å². The summed E-state index contributed by atoms with van der Waals surface area (Å²) < 4.78 is 12.1. The number of nitrogens with two attached hydrogens (primary N) is 1. The molecule has 0 fully saturated rings. The third kappa shape index (κ3) is 3.65. The van der Waals surface area contributed by atoms with E-state index in [0.29, 0.717) is 36.4 Å². The number of hydrogen-bond acceptors (Lipinski definition) is 7. The summed E-state index contributed by atoms with van der Waals surface area (Å²) in [6, 6.07) is 13.3. The lowest BCUT2D eigenvalue weighted by Crippen LogP contribution is -2.15. The Morgan fingerprint density at radius 1 is 0.962 bits per heavy atom. The maximum absolute atomic E-state index is 6.01. The zero-order chi connectivity index (χ0) is 17.9. The van der Waals surface area contributed by atoms with Crippen molar-refractivity contribution >= 4 is 44.8 Å². The average Bonchev–Trinajstić information content (AvgIpc) is 2.64. The predicted molar refractivity (Wildman–Crippen MR) is 105 cm³/mol. The number of halogens is 1. The SMILES string of the molecule is Nc1cnc(Nc2cccc(Br)c2)nc1Nc1ccc2c(c1)OCCO2. The van der Waals surface area contributed by atoms with Gasteiger partial charge < -0.3 is 25.8 Å². The van der Waals surface area contributed by atoms with Crippen LogP contribution in [0.25, 0.3) is 0 Å². The molecule has 3 aromatic rings. The molecular weight excluding hydrogens is 398 g/mol. The van der Waals surface area contributed by atoms with E-state index in [9.17, 15) is 0 Å². The Balaban J connectivity index is 1.56. The number of rotatable bonds is 4. The number of aromatic nitrogens is 2. The van der Waals surface area contributed by atoms with Gasteiger partial charge in [-0.2, -0.15) is 4.98 Å². The fourth-order valence-electron chi connectivity index (χ4n) is 2.50. The number of nitrogens with zero attached hydrogens (tertiary/aromatic N) is 2. The topological polar surface area (TPSA) is 94.3 Å². The summed E-state index contributed by atoms with van der Waals surface area (Å²) in [5.74, 6) is 2.38. The average molecular weight is 414 g/mol. The fraction of sp³-hybridized carbons (Fsp3) is 0.111. The molecular formula is C18H16BrN5O2. The van der Waals surface area contributed by atoms with E-state index in [1.807, 2.05) is 42.5 Å².